The molecule has 1 nitrogen and oxygen atoms in total. The van der Waals surface area contributed by atoms with Gasteiger partial charge in [0.25, 0.3) is 7.48 Å². The fourth-order valence-electron chi connectivity index (χ4n) is 0.491. The Kier molecular flexibility index (Phi) is 4.03. The first-order valence-electron chi connectivity index (χ1n) is 3.89. The summed E-state index contributed by atoms with van der Waals surface area (Å²) < 4.78 is 5.29. The zero-order chi connectivity index (χ0) is 8.20. The standard InChI is InChI=1S/C8H18BO/c1-7(2)10-9-6-8(3,4)5/h7H,6H2,1-5H3. The molecule has 0 heterocycles. The first kappa shape index (κ1) is 10.0. The Hall–Kier alpha value is 0.0249. The largest absolute Gasteiger partial charge is 0.438 e. The van der Waals surface area contributed by atoms with Crippen LogP contribution in [0.25, 0.3) is 0 Å². The maximum Gasteiger partial charge on any atom is 0.293 e. The molecule has 0 spiro atoms. The van der Waals surface area contributed by atoms with Gasteiger partial charge in [0.2, 0.25) is 0 Å². The quantitative estimate of drug-likeness (QED) is 0.548. The molecule has 0 aromatic carbocycles. The topological polar surface area (TPSA) is 9.23 Å². The van der Waals surface area contributed by atoms with Gasteiger partial charge < -0.3 is 4.65 Å². The highest BCUT2D eigenvalue weighted by Crippen LogP contribution is 2.18. The van der Waals surface area contributed by atoms with Crippen molar-refractivity contribution in [3.63, 3.8) is 0 Å². The van der Waals surface area contributed by atoms with Crippen LogP contribution >= 0.6 is 0 Å². The summed E-state index contributed by atoms with van der Waals surface area (Å²) in [5.41, 5.74) is 0.356. The summed E-state index contributed by atoms with van der Waals surface area (Å²) in [7, 11) is 1.91. The van der Waals surface area contributed by atoms with E-state index in [0.29, 0.717) is 11.5 Å². The van der Waals surface area contributed by atoms with Crippen LogP contribution in [0.1, 0.15) is 34.6 Å². The van der Waals surface area contributed by atoms with Crippen molar-refractivity contribution < 1.29 is 4.65 Å². The van der Waals surface area contributed by atoms with E-state index in [-0.39, 0.29) is 0 Å². The van der Waals surface area contributed by atoms with E-state index in [2.05, 4.69) is 20.8 Å². The molecular formula is C8H18BO. The van der Waals surface area contributed by atoms with E-state index < -0.39 is 0 Å². The van der Waals surface area contributed by atoms with Gasteiger partial charge in [0.1, 0.15) is 0 Å². The molecule has 59 valence electrons. The van der Waals surface area contributed by atoms with Gasteiger partial charge in [-0.1, -0.05) is 20.8 Å². The molecule has 10 heavy (non-hydrogen) atoms. The van der Waals surface area contributed by atoms with Gasteiger partial charge >= 0.3 is 0 Å². The lowest BCUT2D eigenvalue weighted by molar-refractivity contribution is 0.248. The third-order valence-electron chi connectivity index (χ3n) is 1.06. The second kappa shape index (κ2) is 4.02. The van der Waals surface area contributed by atoms with Crippen molar-refractivity contribution in [1.82, 2.24) is 0 Å². The molecule has 0 fully saturated rings. The van der Waals surface area contributed by atoms with Crippen molar-refractivity contribution in [1.29, 1.82) is 0 Å². The summed E-state index contributed by atoms with van der Waals surface area (Å²) in [6.07, 6.45) is 1.34. The average molecular weight is 141 g/mol. The normalized spacial score (nSPS) is 12.2. The number of hydrogen-bond donors (Lipinski definition) is 0. The van der Waals surface area contributed by atoms with Crippen LogP contribution in [0.15, 0.2) is 0 Å². The van der Waals surface area contributed by atoms with Gasteiger partial charge in [-0.3, -0.25) is 0 Å². The Morgan fingerprint density at radius 3 is 2.10 bits per heavy atom. The summed E-state index contributed by atoms with van der Waals surface area (Å²) in [4.78, 5) is 0. The van der Waals surface area contributed by atoms with Crippen LogP contribution < -0.4 is 0 Å². The van der Waals surface area contributed by atoms with Crippen molar-refractivity contribution in [2.24, 2.45) is 5.41 Å². The number of rotatable bonds is 3. The Morgan fingerprint density at radius 2 is 1.80 bits per heavy atom. The summed E-state index contributed by atoms with van der Waals surface area (Å²) in [6, 6.07) is 0. The highest BCUT2D eigenvalue weighted by molar-refractivity contribution is 6.27. The summed E-state index contributed by atoms with van der Waals surface area (Å²) in [6.45, 7) is 10.7. The molecule has 0 aliphatic carbocycles. The van der Waals surface area contributed by atoms with E-state index in [1.54, 1.807) is 0 Å². The van der Waals surface area contributed by atoms with Gasteiger partial charge in [0.05, 0.1) is 0 Å². The second-order valence-electron chi connectivity index (χ2n) is 4.12. The molecular weight excluding hydrogens is 123 g/mol. The van der Waals surface area contributed by atoms with Crippen LogP contribution in [0.4, 0.5) is 0 Å². The third kappa shape index (κ3) is 8.02. The molecule has 2 heteroatoms. The first-order valence-corrected chi connectivity index (χ1v) is 3.89. The monoisotopic (exact) mass is 141 g/mol. The Morgan fingerprint density at radius 1 is 1.30 bits per heavy atom. The second-order valence-corrected chi connectivity index (χ2v) is 4.12. The van der Waals surface area contributed by atoms with Gasteiger partial charge in [-0.15, -0.1) is 0 Å². The molecule has 0 saturated heterocycles. The van der Waals surface area contributed by atoms with E-state index >= 15 is 0 Å². The fourth-order valence-corrected chi connectivity index (χ4v) is 0.491. The van der Waals surface area contributed by atoms with Crippen LogP contribution in [0, 0.1) is 5.41 Å². The minimum atomic E-state index is 0.322. The first-order chi connectivity index (χ1) is 4.42. The lowest BCUT2D eigenvalue weighted by atomic mass is 9.76. The van der Waals surface area contributed by atoms with Crippen LogP contribution in [-0.4, -0.2) is 13.6 Å². The number of hydrogen-bond acceptors (Lipinski definition) is 1. The molecule has 0 bridgehead atoms. The lowest BCUT2D eigenvalue weighted by Crippen LogP contribution is -2.14. The van der Waals surface area contributed by atoms with Crippen molar-refractivity contribution in [3.8, 4) is 0 Å². The van der Waals surface area contributed by atoms with Gasteiger partial charge in [0.15, 0.2) is 0 Å². The third-order valence-corrected chi connectivity index (χ3v) is 1.06. The smallest absolute Gasteiger partial charge is 0.293 e. The van der Waals surface area contributed by atoms with Crippen LogP contribution in [0.2, 0.25) is 6.32 Å². The van der Waals surface area contributed by atoms with Crippen molar-refractivity contribution in [2.45, 2.75) is 47.0 Å². The molecule has 0 saturated carbocycles. The molecule has 0 amide bonds. The van der Waals surface area contributed by atoms with Crippen molar-refractivity contribution in [2.75, 3.05) is 0 Å². The molecule has 0 unspecified atom stereocenters. The Balaban J connectivity index is 3.21. The zero-order valence-corrected chi connectivity index (χ0v) is 7.77. The summed E-state index contributed by atoms with van der Waals surface area (Å²) >= 11 is 0. The average Bonchev–Trinajstić information content (AvgIpc) is 1.59. The van der Waals surface area contributed by atoms with E-state index in [1.807, 2.05) is 21.3 Å². The highest BCUT2D eigenvalue weighted by atomic mass is 16.4. The van der Waals surface area contributed by atoms with E-state index in [0.717, 1.165) is 6.32 Å². The van der Waals surface area contributed by atoms with Crippen LogP contribution in [-0.2, 0) is 4.65 Å². The van der Waals surface area contributed by atoms with Gasteiger partial charge in [-0.05, 0) is 25.6 Å². The van der Waals surface area contributed by atoms with Crippen molar-refractivity contribution in [3.05, 3.63) is 0 Å². The van der Waals surface area contributed by atoms with Crippen LogP contribution in [0.5, 0.6) is 0 Å². The molecule has 0 atom stereocenters. The minimum absolute atomic E-state index is 0.322. The molecule has 0 aliphatic heterocycles. The van der Waals surface area contributed by atoms with Gasteiger partial charge in [-0.25, -0.2) is 0 Å². The predicted octanol–water partition coefficient (Wildman–Crippen LogP) is 2.50. The SMILES string of the molecule is CC(C)O[B]CC(C)(C)C. The molecule has 1 radical (unpaired) electrons. The minimum Gasteiger partial charge on any atom is -0.438 e. The molecule has 0 aromatic rings. The maximum atomic E-state index is 5.29. The summed E-state index contributed by atoms with van der Waals surface area (Å²) in [5.74, 6) is 0. The molecule has 0 N–H and O–H groups in total. The van der Waals surface area contributed by atoms with E-state index in [9.17, 15) is 0 Å². The Labute approximate surface area is 65.4 Å². The molecule has 0 rings (SSSR count). The van der Waals surface area contributed by atoms with E-state index in [4.69, 9.17) is 4.65 Å². The van der Waals surface area contributed by atoms with E-state index in [1.165, 1.54) is 0 Å². The summed E-state index contributed by atoms with van der Waals surface area (Å²) in [5, 5.41) is 0. The fraction of sp³-hybridized carbons (Fsp3) is 1.00. The molecule has 0 aromatic heterocycles. The van der Waals surface area contributed by atoms with Gasteiger partial charge in [0, 0.05) is 6.10 Å². The Bertz CT molecular complexity index is 83.7. The van der Waals surface area contributed by atoms with Crippen LogP contribution in [0.3, 0.4) is 0 Å². The lowest BCUT2D eigenvalue weighted by Gasteiger charge is -2.17. The zero-order valence-electron chi connectivity index (χ0n) is 7.77. The van der Waals surface area contributed by atoms with Crippen molar-refractivity contribution >= 4 is 7.48 Å². The maximum absolute atomic E-state index is 5.29. The van der Waals surface area contributed by atoms with Gasteiger partial charge in [-0.2, -0.15) is 0 Å². The predicted molar refractivity (Wildman–Crippen MR) is 46.2 cm³/mol. The highest BCUT2D eigenvalue weighted by Gasteiger charge is 2.11. The molecule has 0 aliphatic rings.